The summed E-state index contributed by atoms with van der Waals surface area (Å²) in [4.78, 5) is 11.9. The maximum absolute atomic E-state index is 11.9. The maximum Gasteiger partial charge on any atom is 0.241 e. The number of benzene rings is 1. The Labute approximate surface area is 111 Å². The molecule has 94 valence electrons. The molecule has 2 aromatic rings. The van der Waals surface area contributed by atoms with Crippen molar-refractivity contribution in [1.29, 1.82) is 0 Å². The highest BCUT2D eigenvalue weighted by molar-refractivity contribution is 7.07. The van der Waals surface area contributed by atoms with E-state index in [2.05, 4.69) is 5.32 Å². The summed E-state index contributed by atoms with van der Waals surface area (Å²) >= 11 is 1.62. The number of carbonyl (C=O) groups is 1. The van der Waals surface area contributed by atoms with Crippen LogP contribution in [-0.4, -0.2) is 5.91 Å². The number of nitrogens with one attached hydrogen (secondary N) is 1. The molecule has 0 radical (unpaired) electrons. The van der Waals surface area contributed by atoms with Gasteiger partial charge in [0.25, 0.3) is 0 Å². The first-order valence-corrected chi connectivity index (χ1v) is 6.72. The molecule has 4 heteroatoms. The summed E-state index contributed by atoms with van der Waals surface area (Å²) in [7, 11) is 0. The molecule has 0 aliphatic carbocycles. The zero-order valence-electron chi connectivity index (χ0n) is 10.2. The number of thiophene rings is 1. The third-order valence-corrected chi connectivity index (χ3v) is 3.50. The van der Waals surface area contributed by atoms with Gasteiger partial charge in [-0.3, -0.25) is 4.79 Å². The van der Waals surface area contributed by atoms with E-state index in [0.717, 1.165) is 16.7 Å². The summed E-state index contributed by atoms with van der Waals surface area (Å²) in [5.41, 5.74) is 9.01. The second kappa shape index (κ2) is 5.80. The van der Waals surface area contributed by atoms with Crippen molar-refractivity contribution >= 4 is 17.2 Å². The Kier molecular flexibility index (Phi) is 4.12. The van der Waals surface area contributed by atoms with Crippen LogP contribution >= 0.6 is 11.3 Å². The van der Waals surface area contributed by atoms with Crippen LogP contribution in [0.4, 0.5) is 0 Å². The van der Waals surface area contributed by atoms with E-state index in [-0.39, 0.29) is 5.91 Å². The van der Waals surface area contributed by atoms with Crippen LogP contribution in [0.15, 0.2) is 41.1 Å². The number of aryl methyl sites for hydroxylation is 1. The average Bonchev–Trinajstić information content (AvgIpc) is 2.89. The largest absolute Gasteiger partial charge is 0.350 e. The lowest BCUT2D eigenvalue weighted by molar-refractivity contribution is -0.122. The average molecular weight is 260 g/mol. The van der Waals surface area contributed by atoms with E-state index in [1.807, 2.05) is 48.0 Å². The molecule has 0 bridgehead atoms. The smallest absolute Gasteiger partial charge is 0.241 e. The number of rotatable bonds is 4. The van der Waals surface area contributed by atoms with Gasteiger partial charge in [-0.1, -0.05) is 29.8 Å². The van der Waals surface area contributed by atoms with Crippen LogP contribution in [0.5, 0.6) is 0 Å². The van der Waals surface area contributed by atoms with Gasteiger partial charge in [0.05, 0.1) is 0 Å². The van der Waals surface area contributed by atoms with Gasteiger partial charge in [-0.25, -0.2) is 0 Å². The summed E-state index contributed by atoms with van der Waals surface area (Å²) in [5.74, 6) is -0.148. The van der Waals surface area contributed by atoms with E-state index in [4.69, 9.17) is 5.73 Å². The molecule has 1 aromatic heterocycles. The molecule has 3 nitrogen and oxygen atoms in total. The Morgan fingerprint density at radius 3 is 2.67 bits per heavy atom. The molecule has 1 aromatic carbocycles. The summed E-state index contributed by atoms with van der Waals surface area (Å²) in [6, 6.07) is 9.09. The molecular formula is C14H16N2OS. The van der Waals surface area contributed by atoms with Crippen LogP contribution in [-0.2, 0) is 11.3 Å². The van der Waals surface area contributed by atoms with Gasteiger partial charge in [0, 0.05) is 6.54 Å². The van der Waals surface area contributed by atoms with Crippen LogP contribution < -0.4 is 11.1 Å². The number of hydrogen-bond acceptors (Lipinski definition) is 3. The van der Waals surface area contributed by atoms with Crippen LogP contribution in [0.1, 0.15) is 22.7 Å². The first-order chi connectivity index (χ1) is 8.66. The van der Waals surface area contributed by atoms with Crippen LogP contribution in [0.3, 0.4) is 0 Å². The summed E-state index contributed by atoms with van der Waals surface area (Å²) < 4.78 is 0. The molecule has 1 atom stereocenters. The summed E-state index contributed by atoms with van der Waals surface area (Å²) in [5, 5.41) is 6.84. The standard InChI is InChI=1S/C14H16N2OS/c1-10-2-4-12(5-3-10)13(15)14(17)16-8-11-6-7-18-9-11/h2-7,9,13H,8,15H2,1H3,(H,16,17). The van der Waals surface area contributed by atoms with Crippen molar-refractivity contribution in [2.24, 2.45) is 5.73 Å². The van der Waals surface area contributed by atoms with Crippen LogP contribution in [0.25, 0.3) is 0 Å². The zero-order valence-corrected chi connectivity index (χ0v) is 11.0. The normalized spacial score (nSPS) is 12.1. The van der Waals surface area contributed by atoms with Gasteiger partial charge >= 0.3 is 0 Å². The van der Waals surface area contributed by atoms with Gasteiger partial charge < -0.3 is 11.1 Å². The van der Waals surface area contributed by atoms with Gasteiger partial charge in [0.1, 0.15) is 6.04 Å². The van der Waals surface area contributed by atoms with E-state index in [1.54, 1.807) is 11.3 Å². The van der Waals surface area contributed by atoms with Crippen LogP contribution in [0, 0.1) is 6.92 Å². The lowest BCUT2D eigenvalue weighted by Crippen LogP contribution is -2.33. The molecular weight excluding hydrogens is 244 g/mol. The number of amides is 1. The van der Waals surface area contributed by atoms with Gasteiger partial charge in [-0.2, -0.15) is 11.3 Å². The minimum atomic E-state index is -0.607. The first kappa shape index (κ1) is 12.8. The Morgan fingerprint density at radius 2 is 2.06 bits per heavy atom. The lowest BCUT2D eigenvalue weighted by Gasteiger charge is -2.12. The van der Waals surface area contributed by atoms with Crippen molar-refractivity contribution in [2.45, 2.75) is 19.5 Å². The Hall–Kier alpha value is -1.65. The Morgan fingerprint density at radius 1 is 1.33 bits per heavy atom. The second-order valence-corrected chi connectivity index (χ2v) is 5.02. The quantitative estimate of drug-likeness (QED) is 0.886. The van der Waals surface area contributed by atoms with Crippen LogP contribution in [0.2, 0.25) is 0 Å². The molecule has 3 N–H and O–H groups in total. The van der Waals surface area contributed by atoms with E-state index in [1.165, 1.54) is 0 Å². The van der Waals surface area contributed by atoms with Crippen molar-refractivity contribution in [3.8, 4) is 0 Å². The van der Waals surface area contributed by atoms with Crippen molar-refractivity contribution in [3.05, 3.63) is 57.8 Å². The highest BCUT2D eigenvalue weighted by Gasteiger charge is 2.14. The highest BCUT2D eigenvalue weighted by atomic mass is 32.1. The molecule has 0 aliphatic heterocycles. The topological polar surface area (TPSA) is 55.1 Å². The van der Waals surface area contributed by atoms with Gasteiger partial charge in [-0.15, -0.1) is 0 Å². The minimum Gasteiger partial charge on any atom is -0.350 e. The molecule has 1 unspecified atom stereocenters. The van der Waals surface area contributed by atoms with E-state index >= 15 is 0 Å². The molecule has 1 amide bonds. The molecule has 0 spiro atoms. The SMILES string of the molecule is Cc1ccc(C(N)C(=O)NCc2ccsc2)cc1. The number of carbonyl (C=O) groups excluding carboxylic acids is 1. The fraction of sp³-hybridized carbons (Fsp3) is 0.214. The Bertz CT molecular complexity index is 505. The molecule has 18 heavy (non-hydrogen) atoms. The van der Waals surface area contributed by atoms with Gasteiger partial charge in [0.15, 0.2) is 0 Å². The highest BCUT2D eigenvalue weighted by Crippen LogP contribution is 2.12. The van der Waals surface area contributed by atoms with Gasteiger partial charge in [-0.05, 0) is 34.9 Å². The zero-order chi connectivity index (χ0) is 13.0. The third-order valence-electron chi connectivity index (χ3n) is 2.77. The molecule has 2 rings (SSSR count). The van der Waals surface area contributed by atoms with Crippen molar-refractivity contribution in [1.82, 2.24) is 5.32 Å². The third kappa shape index (κ3) is 3.18. The van der Waals surface area contributed by atoms with Gasteiger partial charge in [0.2, 0.25) is 5.91 Å². The second-order valence-electron chi connectivity index (χ2n) is 4.24. The van der Waals surface area contributed by atoms with E-state index < -0.39 is 6.04 Å². The minimum absolute atomic E-state index is 0.148. The number of hydrogen-bond donors (Lipinski definition) is 2. The summed E-state index contributed by atoms with van der Waals surface area (Å²) in [6.45, 7) is 2.54. The van der Waals surface area contributed by atoms with Crippen molar-refractivity contribution in [3.63, 3.8) is 0 Å². The number of nitrogens with two attached hydrogens (primary N) is 1. The lowest BCUT2D eigenvalue weighted by atomic mass is 10.1. The maximum atomic E-state index is 11.9. The molecule has 0 saturated carbocycles. The monoisotopic (exact) mass is 260 g/mol. The summed E-state index contributed by atoms with van der Waals surface area (Å²) in [6.07, 6.45) is 0. The first-order valence-electron chi connectivity index (χ1n) is 5.78. The Balaban J connectivity index is 1.94. The molecule has 1 heterocycles. The molecule has 0 fully saturated rings. The molecule has 0 aliphatic rings. The fourth-order valence-corrected chi connectivity index (χ4v) is 2.29. The van der Waals surface area contributed by atoms with Crippen molar-refractivity contribution < 1.29 is 4.79 Å². The fourth-order valence-electron chi connectivity index (χ4n) is 1.62. The van der Waals surface area contributed by atoms with E-state index in [9.17, 15) is 4.79 Å². The molecule has 0 saturated heterocycles. The predicted molar refractivity (Wildman–Crippen MR) is 74.3 cm³/mol. The predicted octanol–water partition coefficient (Wildman–Crippen LogP) is 2.37. The van der Waals surface area contributed by atoms with E-state index in [0.29, 0.717) is 6.54 Å². The van der Waals surface area contributed by atoms with Crippen molar-refractivity contribution in [2.75, 3.05) is 0 Å².